The first kappa shape index (κ1) is 17.0. The lowest BCUT2D eigenvalue weighted by molar-refractivity contribution is 0.0578. The lowest BCUT2D eigenvalue weighted by Crippen LogP contribution is -2.38. The maximum absolute atomic E-state index is 12.6. The molecule has 6 heteroatoms. The highest BCUT2D eigenvalue weighted by Gasteiger charge is 2.25. The molecule has 0 aliphatic carbocycles. The number of rotatable bonds is 4. The Kier molecular flexibility index (Phi) is 4.73. The SMILES string of the molecule is C=Cc1cnn2c(N(CCC)C(=O)OC(C)(C)C)cc(C)nc12. The zero-order valence-corrected chi connectivity index (χ0v) is 14.5. The summed E-state index contributed by atoms with van der Waals surface area (Å²) in [5, 5.41) is 4.35. The number of amides is 1. The van der Waals surface area contributed by atoms with Gasteiger partial charge in [-0.2, -0.15) is 9.61 Å². The van der Waals surface area contributed by atoms with Gasteiger partial charge < -0.3 is 4.74 Å². The molecule has 0 fully saturated rings. The van der Waals surface area contributed by atoms with E-state index >= 15 is 0 Å². The number of anilines is 1. The lowest BCUT2D eigenvalue weighted by Gasteiger charge is -2.27. The van der Waals surface area contributed by atoms with Crippen LogP contribution in [0.2, 0.25) is 0 Å². The van der Waals surface area contributed by atoms with Crippen LogP contribution in [0.4, 0.5) is 10.6 Å². The van der Waals surface area contributed by atoms with Crippen LogP contribution in [0.1, 0.15) is 45.4 Å². The molecule has 2 aromatic rings. The van der Waals surface area contributed by atoms with Gasteiger partial charge >= 0.3 is 6.09 Å². The van der Waals surface area contributed by atoms with E-state index in [4.69, 9.17) is 4.74 Å². The molecule has 0 unspecified atom stereocenters. The molecule has 6 nitrogen and oxygen atoms in total. The number of nitrogens with zero attached hydrogens (tertiary/aromatic N) is 4. The summed E-state index contributed by atoms with van der Waals surface area (Å²) >= 11 is 0. The van der Waals surface area contributed by atoms with E-state index in [0.29, 0.717) is 18.0 Å². The molecule has 0 aliphatic rings. The normalized spacial score (nSPS) is 11.5. The maximum atomic E-state index is 12.6. The Morgan fingerprint density at radius 2 is 2.17 bits per heavy atom. The Bertz CT molecular complexity index is 728. The zero-order chi connectivity index (χ0) is 17.2. The second kappa shape index (κ2) is 6.40. The molecule has 2 rings (SSSR count). The molecular formula is C17H24N4O2. The molecule has 0 N–H and O–H groups in total. The van der Waals surface area contributed by atoms with E-state index in [1.54, 1.807) is 21.7 Å². The molecule has 0 spiro atoms. The molecule has 2 heterocycles. The molecule has 0 aromatic carbocycles. The minimum atomic E-state index is -0.555. The summed E-state index contributed by atoms with van der Waals surface area (Å²) in [6.45, 7) is 13.8. The smallest absolute Gasteiger partial charge is 0.416 e. The average Bonchev–Trinajstić information content (AvgIpc) is 2.84. The summed E-state index contributed by atoms with van der Waals surface area (Å²) in [5.74, 6) is 0.650. The molecule has 124 valence electrons. The third-order valence-corrected chi connectivity index (χ3v) is 3.17. The molecular weight excluding hydrogens is 292 g/mol. The monoisotopic (exact) mass is 316 g/mol. The highest BCUT2D eigenvalue weighted by molar-refractivity contribution is 5.87. The summed E-state index contributed by atoms with van der Waals surface area (Å²) in [4.78, 5) is 18.7. The van der Waals surface area contributed by atoms with Gasteiger partial charge in [0.05, 0.1) is 6.20 Å². The van der Waals surface area contributed by atoms with Gasteiger partial charge in [0, 0.05) is 23.9 Å². The van der Waals surface area contributed by atoms with Crippen molar-refractivity contribution in [2.75, 3.05) is 11.4 Å². The van der Waals surface area contributed by atoms with E-state index in [2.05, 4.69) is 16.7 Å². The molecule has 0 aliphatic heterocycles. The number of fused-ring (bicyclic) bond motifs is 1. The molecule has 0 bridgehead atoms. The third kappa shape index (κ3) is 3.70. The van der Waals surface area contributed by atoms with Crippen molar-refractivity contribution in [3.63, 3.8) is 0 Å². The number of aromatic nitrogens is 3. The van der Waals surface area contributed by atoms with Crippen molar-refractivity contribution in [1.82, 2.24) is 14.6 Å². The van der Waals surface area contributed by atoms with Crippen LogP contribution in [0.3, 0.4) is 0 Å². The van der Waals surface area contributed by atoms with Gasteiger partial charge in [-0.25, -0.2) is 9.78 Å². The summed E-state index contributed by atoms with van der Waals surface area (Å²) < 4.78 is 7.19. The minimum absolute atomic E-state index is 0.387. The Balaban J connectivity index is 2.55. The predicted molar refractivity (Wildman–Crippen MR) is 91.7 cm³/mol. The van der Waals surface area contributed by atoms with Crippen molar-refractivity contribution in [1.29, 1.82) is 0 Å². The molecule has 1 amide bonds. The summed E-state index contributed by atoms with van der Waals surface area (Å²) in [6.07, 6.45) is 3.81. The molecule has 2 aromatic heterocycles. The van der Waals surface area contributed by atoms with Crippen molar-refractivity contribution in [2.24, 2.45) is 0 Å². The van der Waals surface area contributed by atoms with E-state index in [1.165, 1.54) is 0 Å². The first-order valence-corrected chi connectivity index (χ1v) is 7.75. The molecule has 0 saturated heterocycles. The van der Waals surface area contributed by atoms with Crippen LogP contribution in [0.15, 0.2) is 18.8 Å². The third-order valence-electron chi connectivity index (χ3n) is 3.17. The number of ether oxygens (including phenoxy) is 1. The van der Waals surface area contributed by atoms with Gasteiger partial charge in [0.1, 0.15) is 11.4 Å². The van der Waals surface area contributed by atoms with Crippen LogP contribution in [-0.2, 0) is 4.74 Å². The van der Waals surface area contributed by atoms with Crippen molar-refractivity contribution in [2.45, 2.75) is 46.6 Å². The van der Waals surface area contributed by atoms with Crippen molar-refractivity contribution in [3.8, 4) is 0 Å². The van der Waals surface area contributed by atoms with Gasteiger partial charge in [-0.15, -0.1) is 0 Å². The largest absolute Gasteiger partial charge is 0.443 e. The van der Waals surface area contributed by atoms with Gasteiger partial charge in [0.25, 0.3) is 0 Å². The number of carbonyl (C=O) groups is 1. The van der Waals surface area contributed by atoms with E-state index in [1.807, 2.05) is 40.7 Å². The Morgan fingerprint density at radius 1 is 1.48 bits per heavy atom. The molecule has 0 radical (unpaired) electrons. The zero-order valence-electron chi connectivity index (χ0n) is 14.5. The number of hydrogen-bond acceptors (Lipinski definition) is 4. The summed E-state index contributed by atoms with van der Waals surface area (Å²) in [5.41, 5.74) is 1.76. The van der Waals surface area contributed by atoms with E-state index in [9.17, 15) is 4.79 Å². The number of aryl methyl sites for hydroxylation is 1. The topological polar surface area (TPSA) is 59.7 Å². The quantitative estimate of drug-likeness (QED) is 0.860. The molecule has 0 atom stereocenters. The molecule has 0 saturated carbocycles. The fraction of sp³-hybridized carbons (Fsp3) is 0.471. The predicted octanol–water partition coefficient (Wildman–Crippen LogP) is 3.83. The van der Waals surface area contributed by atoms with Gasteiger partial charge in [-0.1, -0.05) is 19.6 Å². The van der Waals surface area contributed by atoms with Crippen molar-refractivity contribution >= 4 is 23.6 Å². The van der Waals surface area contributed by atoms with E-state index in [0.717, 1.165) is 17.7 Å². The van der Waals surface area contributed by atoms with Crippen LogP contribution in [0.25, 0.3) is 11.7 Å². The second-order valence-corrected chi connectivity index (χ2v) is 6.43. The van der Waals surface area contributed by atoms with E-state index in [-0.39, 0.29) is 6.09 Å². The fourth-order valence-electron chi connectivity index (χ4n) is 2.26. The fourth-order valence-corrected chi connectivity index (χ4v) is 2.26. The van der Waals surface area contributed by atoms with Gasteiger partial charge in [0.2, 0.25) is 0 Å². The highest BCUT2D eigenvalue weighted by Crippen LogP contribution is 2.22. The minimum Gasteiger partial charge on any atom is -0.443 e. The number of carbonyl (C=O) groups excluding carboxylic acids is 1. The standard InChI is InChI=1S/C17H24N4O2/c1-7-9-20(16(22)23-17(4,5)6)14-10-12(3)19-15-13(8-2)11-18-21(14)15/h8,10-11H,2,7,9H2,1,3-6H3. The van der Waals surface area contributed by atoms with Crippen molar-refractivity contribution < 1.29 is 9.53 Å². The maximum Gasteiger partial charge on any atom is 0.416 e. The van der Waals surface area contributed by atoms with E-state index < -0.39 is 5.60 Å². The Hall–Kier alpha value is -2.37. The first-order chi connectivity index (χ1) is 10.8. The van der Waals surface area contributed by atoms with Gasteiger partial charge in [-0.3, -0.25) is 4.90 Å². The summed E-state index contributed by atoms with van der Waals surface area (Å²) in [7, 11) is 0. The Morgan fingerprint density at radius 3 is 2.74 bits per heavy atom. The van der Waals surface area contributed by atoms with Gasteiger partial charge in [-0.05, 0) is 34.1 Å². The summed E-state index contributed by atoms with van der Waals surface area (Å²) in [6, 6.07) is 1.84. The average molecular weight is 316 g/mol. The highest BCUT2D eigenvalue weighted by atomic mass is 16.6. The van der Waals surface area contributed by atoms with Crippen LogP contribution in [0, 0.1) is 6.92 Å². The van der Waals surface area contributed by atoms with Crippen LogP contribution >= 0.6 is 0 Å². The molecule has 23 heavy (non-hydrogen) atoms. The van der Waals surface area contributed by atoms with Crippen LogP contribution < -0.4 is 4.90 Å². The number of hydrogen-bond donors (Lipinski definition) is 0. The first-order valence-electron chi connectivity index (χ1n) is 7.75. The van der Waals surface area contributed by atoms with Crippen LogP contribution in [0.5, 0.6) is 0 Å². The Labute approximate surface area is 136 Å². The van der Waals surface area contributed by atoms with Crippen molar-refractivity contribution in [3.05, 3.63) is 30.1 Å². The second-order valence-electron chi connectivity index (χ2n) is 6.43. The van der Waals surface area contributed by atoms with Crippen LogP contribution in [-0.4, -0.2) is 32.8 Å². The lowest BCUT2D eigenvalue weighted by atomic mass is 10.2. The van der Waals surface area contributed by atoms with Gasteiger partial charge in [0.15, 0.2) is 5.65 Å².